The molecule has 0 spiro atoms. The van der Waals surface area contributed by atoms with Crippen molar-refractivity contribution in [2.24, 2.45) is 0 Å². The van der Waals surface area contributed by atoms with Crippen LogP contribution in [0.2, 0.25) is 4.44 Å². The van der Waals surface area contributed by atoms with Crippen molar-refractivity contribution >= 4 is 34.5 Å². The molecule has 0 aliphatic heterocycles. The van der Waals surface area contributed by atoms with Crippen LogP contribution < -0.4 is 10.2 Å². The Labute approximate surface area is 118 Å². The molecule has 0 saturated heterocycles. The fourth-order valence-corrected chi connectivity index (χ4v) is 1.62. The summed E-state index contributed by atoms with van der Waals surface area (Å²) in [6.45, 7) is 4.21. The summed E-state index contributed by atoms with van der Waals surface area (Å²) in [7, 11) is 0. The molecular formula is C12H23O4Sn. The summed E-state index contributed by atoms with van der Waals surface area (Å²) >= 11 is 1.71. The zero-order chi connectivity index (χ0) is 14.1. The monoisotopic (exact) mass is 351 g/mol. The summed E-state index contributed by atoms with van der Waals surface area (Å²) in [6.07, 6.45) is 8.71. The minimum atomic E-state index is -1.08. The topological polar surface area (TPSA) is 80.3 Å². The third-order valence-electron chi connectivity index (χ3n) is 1.53. The van der Waals surface area contributed by atoms with Crippen molar-refractivity contribution < 1.29 is 19.8 Å². The van der Waals surface area contributed by atoms with Gasteiger partial charge >= 0.3 is 72.4 Å². The predicted octanol–water partition coefficient (Wildman–Crippen LogP) is 0.446. The molecule has 0 aromatic carbocycles. The summed E-state index contributed by atoms with van der Waals surface area (Å²) in [6, 6.07) is 0. The molecule has 0 aliphatic rings. The third kappa shape index (κ3) is 90.2. The molecule has 0 atom stereocenters. The molecule has 0 heterocycles. The van der Waals surface area contributed by atoms with Crippen molar-refractivity contribution in [1.29, 1.82) is 0 Å². The summed E-state index contributed by atoms with van der Waals surface area (Å²) < 4.78 is 1.46. The summed E-state index contributed by atoms with van der Waals surface area (Å²) in [4.78, 5) is 17.8. The molecule has 1 radical (unpaired) electrons. The van der Waals surface area contributed by atoms with Gasteiger partial charge in [0, 0.05) is 11.9 Å². The van der Waals surface area contributed by atoms with Crippen LogP contribution in [0.1, 0.15) is 59.3 Å². The summed E-state index contributed by atoms with van der Waals surface area (Å²) in [5.41, 5.74) is 0. The second-order valence-electron chi connectivity index (χ2n) is 3.50. The maximum atomic E-state index is 8.89. The average Bonchev–Trinajstić information content (AvgIpc) is 2.16. The first-order chi connectivity index (χ1) is 7.88. The third-order valence-corrected chi connectivity index (χ3v) is 2.54. The Morgan fingerprint density at radius 1 is 0.882 bits per heavy atom. The molecule has 0 rings (SSSR count). The second-order valence-corrected chi connectivity index (χ2v) is 4.93. The minimum absolute atomic E-state index is 0.972. The van der Waals surface area contributed by atoms with E-state index in [1.54, 1.807) is 22.5 Å². The molecule has 5 heteroatoms. The zero-order valence-electron chi connectivity index (χ0n) is 11.1. The Morgan fingerprint density at radius 2 is 1.18 bits per heavy atom. The van der Waals surface area contributed by atoms with E-state index in [0.29, 0.717) is 0 Å². The number of carboxylic acid groups (broad SMARTS) is 2. The first-order valence-electron chi connectivity index (χ1n) is 5.88. The zero-order valence-corrected chi connectivity index (χ0v) is 13.9. The Balaban J connectivity index is -0.000000205. The fourth-order valence-electron chi connectivity index (χ4n) is 0.905. The van der Waals surface area contributed by atoms with Crippen LogP contribution in [-0.2, 0) is 9.59 Å². The maximum absolute atomic E-state index is 8.89. The van der Waals surface area contributed by atoms with Crippen LogP contribution in [0, 0.1) is 0 Å². The Morgan fingerprint density at radius 3 is 1.47 bits per heavy atom. The van der Waals surface area contributed by atoms with E-state index in [1.807, 2.05) is 0 Å². The number of carboxylic acids is 2. The average molecular weight is 350 g/mol. The number of hydrogen-bond donors (Lipinski definition) is 0. The molecule has 4 nitrogen and oxygen atoms in total. The van der Waals surface area contributed by atoms with Crippen LogP contribution in [0.4, 0.5) is 0 Å². The molecule has 0 aromatic heterocycles. The first kappa shape index (κ1) is 22.0. The number of unbranched alkanes of at least 4 members (excludes halogenated alkanes) is 5. The van der Waals surface area contributed by atoms with Gasteiger partial charge in [0.2, 0.25) is 0 Å². The van der Waals surface area contributed by atoms with Crippen molar-refractivity contribution in [2.45, 2.75) is 63.7 Å². The molecular weight excluding hydrogens is 327 g/mol. The van der Waals surface area contributed by atoms with Gasteiger partial charge in [-0.25, -0.2) is 0 Å². The van der Waals surface area contributed by atoms with Gasteiger partial charge in [0.25, 0.3) is 0 Å². The van der Waals surface area contributed by atoms with Gasteiger partial charge in [-0.3, -0.25) is 0 Å². The van der Waals surface area contributed by atoms with E-state index in [2.05, 4.69) is 6.92 Å². The molecule has 17 heavy (non-hydrogen) atoms. The van der Waals surface area contributed by atoms with Crippen LogP contribution in [0.3, 0.4) is 0 Å². The molecule has 0 N–H and O–H groups in total. The van der Waals surface area contributed by atoms with Crippen LogP contribution in [0.15, 0.2) is 0 Å². The second kappa shape index (κ2) is 21.1. The van der Waals surface area contributed by atoms with Crippen molar-refractivity contribution in [2.75, 3.05) is 0 Å². The van der Waals surface area contributed by atoms with Crippen LogP contribution >= 0.6 is 0 Å². The first-order valence-corrected chi connectivity index (χ1v) is 7.90. The molecule has 0 saturated carbocycles. The number of rotatable bonds is 6. The molecule has 0 aliphatic carbocycles. The van der Waals surface area contributed by atoms with Gasteiger partial charge in [-0.05, 0) is 13.8 Å². The van der Waals surface area contributed by atoms with E-state index < -0.39 is 11.9 Å². The van der Waals surface area contributed by atoms with Crippen LogP contribution in [0.25, 0.3) is 0 Å². The van der Waals surface area contributed by atoms with E-state index in [4.69, 9.17) is 19.8 Å². The van der Waals surface area contributed by atoms with Gasteiger partial charge in [0.15, 0.2) is 0 Å². The molecule has 0 aromatic rings. The van der Waals surface area contributed by atoms with E-state index in [-0.39, 0.29) is 0 Å². The van der Waals surface area contributed by atoms with Gasteiger partial charge in [0.1, 0.15) is 0 Å². The Kier molecular flexibility index (Phi) is 27.2. The molecule has 99 valence electrons. The van der Waals surface area contributed by atoms with Crippen LogP contribution in [0.5, 0.6) is 0 Å². The Bertz CT molecular complexity index is 146. The SMILES string of the molecule is CC(=O)[O-].CC(=O)[O-].CCCCCCC[CH2][Sn+2]. The van der Waals surface area contributed by atoms with E-state index in [1.165, 1.54) is 43.0 Å². The Hall–Kier alpha value is -0.261. The predicted molar refractivity (Wildman–Crippen MR) is 65.3 cm³/mol. The van der Waals surface area contributed by atoms with Gasteiger partial charge in [-0.2, -0.15) is 0 Å². The van der Waals surface area contributed by atoms with Gasteiger partial charge in [0.05, 0.1) is 0 Å². The molecule has 0 unspecified atom stereocenters. The van der Waals surface area contributed by atoms with Gasteiger partial charge in [-0.1, -0.05) is 0 Å². The van der Waals surface area contributed by atoms with E-state index in [0.717, 1.165) is 13.8 Å². The number of aliphatic carboxylic acids is 2. The molecule has 0 amide bonds. The standard InChI is InChI=1S/C8H17.2C2H4O2.Sn/c1-3-5-7-8-6-4-2;2*1-2(3)4;/h1,3-8H2,2H3;2*1H3,(H,3,4);/q;;;+2/p-2. The van der Waals surface area contributed by atoms with E-state index >= 15 is 0 Å². The quantitative estimate of drug-likeness (QED) is 0.515. The van der Waals surface area contributed by atoms with Gasteiger partial charge < -0.3 is 19.8 Å². The fraction of sp³-hybridized carbons (Fsp3) is 0.833. The van der Waals surface area contributed by atoms with Crippen LogP contribution in [-0.4, -0.2) is 34.5 Å². The van der Waals surface area contributed by atoms with Crippen molar-refractivity contribution in [1.82, 2.24) is 0 Å². The number of carbonyl (C=O) groups is 2. The number of hydrogen-bond acceptors (Lipinski definition) is 4. The summed E-state index contributed by atoms with van der Waals surface area (Å²) in [5, 5.41) is 17.8. The molecule has 0 fully saturated rings. The van der Waals surface area contributed by atoms with Crippen molar-refractivity contribution in [3.63, 3.8) is 0 Å². The van der Waals surface area contributed by atoms with E-state index in [9.17, 15) is 0 Å². The molecule has 0 bridgehead atoms. The van der Waals surface area contributed by atoms with Gasteiger partial charge in [-0.15, -0.1) is 0 Å². The summed E-state index contributed by atoms with van der Waals surface area (Å²) in [5.74, 6) is -2.17. The van der Waals surface area contributed by atoms with Crippen molar-refractivity contribution in [3.8, 4) is 0 Å². The normalized spacial score (nSPS) is 8.12. The van der Waals surface area contributed by atoms with Crippen molar-refractivity contribution in [3.05, 3.63) is 0 Å². The number of carbonyl (C=O) groups excluding carboxylic acids is 2.